The van der Waals surface area contributed by atoms with Crippen LogP contribution in [0.15, 0.2) is 30.6 Å². The van der Waals surface area contributed by atoms with Crippen molar-refractivity contribution in [1.82, 2.24) is 31.1 Å². The van der Waals surface area contributed by atoms with Crippen molar-refractivity contribution in [1.29, 1.82) is 0 Å². The Morgan fingerprint density at radius 2 is 1.95 bits per heavy atom. The maximum Gasteiger partial charge on any atom is 0.269 e. The molecule has 1 aromatic carbocycles. The zero-order chi connectivity index (χ0) is 15.1. The molecule has 0 fully saturated rings. The van der Waals surface area contributed by atoms with E-state index >= 15 is 0 Å². The van der Waals surface area contributed by atoms with Crippen LogP contribution in [-0.2, 0) is 4.79 Å². The standard InChI is InChI=1S/C13H16N6O2/c1-2-3-4-12(20)15-16-13(21)10-5-7-11(8-6-10)19-9-14-17-18-19/h5-9H,2-4H2,1H3,(H,15,20)(H,16,21). The quantitative estimate of drug-likeness (QED) is 0.785. The van der Waals surface area contributed by atoms with Gasteiger partial charge in [0.25, 0.3) is 5.91 Å². The Bertz CT molecular complexity index is 594. The number of carbonyl (C=O) groups excluding carboxylic acids is 2. The second-order valence-electron chi connectivity index (χ2n) is 4.41. The second kappa shape index (κ2) is 7.13. The van der Waals surface area contributed by atoms with Crippen molar-refractivity contribution in [3.8, 4) is 5.69 Å². The number of hydrazine groups is 1. The van der Waals surface area contributed by atoms with E-state index in [9.17, 15) is 9.59 Å². The third-order valence-electron chi connectivity index (χ3n) is 2.82. The number of nitrogens with one attached hydrogen (secondary N) is 2. The molecule has 1 heterocycles. The van der Waals surface area contributed by atoms with Gasteiger partial charge in [0.2, 0.25) is 5.91 Å². The summed E-state index contributed by atoms with van der Waals surface area (Å²) in [6.07, 6.45) is 3.58. The number of aromatic nitrogens is 4. The van der Waals surface area contributed by atoms with Crippen molar-refractivity contribution in [2.75, 3.05) is 0 Å². The predicted octanol–water partition coefficient (Wildman–Crippen LogP) is 0.613. The molecule has 8 heteroatoms. The first-order chi connectivity index (χ1) is 10.2. The molecule has 21 heavy (non-hydrogen) atoms. The van der Waals surface area contributed by atoms with Gasteiger partial charge in [0.05, 0.1) is 5.69 Å². The molecule has 8 nitrogen and oxygen atoms in total. The molecule has 0 radical (unpaired) electrons. The molecule has 0 saturated heterocycles. The van der Waals surface area contributed by atoms with Crippen LogP contribution in [0.25, 0.3) is 5.69 Å². The van der Waals surface area contributed by atoms with Gasteiger partial charge in [-0.1, -0.05) is 13.3 Å². The van der Waals surface area contributed by atoms with E-state index in [4.69, 9.17) is 0 Å². The molecular formula is C13H16N6O2. The van der Waals surface area contributed by atoms with Gasteiger partial charge in [-0.2, -0.15) is 0 Å². The summed E-state index contributed by atoms with van der Waals surface area (Å²) in [7, 11) is 0. The normalized spacial score (nSPS) is 10.1. The largest absolute Gasteiger partial charge is 0.273 e. The van der Waals surface area contributed by atoms with Crippen LogP contribution in [-0.4, -0.2) is 32.0 Å². The van der Waals surface area contributed by atoms with Gasteiger partial charge in [-0.3, -0.25) is 20.4 Å². The molecule has 0 unspecified atom stereocenters. The van der Waals surface area contributed by atoms with Crippen LogP contribution in [0.3, 0.4) is 0 Å². The summed E-state index contributed by atoms with van der Waals surface area (Å²) in [5.41, 5.74) is 5.93. The van der Waals surface area contributed by atoms with Crippen molar-refractivity contribution < 1.29 is 9.59 Å². The van der Waals surface area contributed by atoms with Gasteiger partial charge in [0.15, 0.2) is 0 Å². The van der Waals surface area contributed by atoms with Gasteiger partial charge in [-0.25, -0.2) is 4.68 Å². The van der Waals surface area contributed by atoms with Gasteiger partial charge in [0, 0.05) is 12.0 Å². The van der Waals surface area contributed by atoms with Crippen LogP contribution in [0.2, 0.25) is 0 Å². The van der Waals surface area contributed by atoms with Crippen LogP contribution in [0.4, 0.5) is 0 Å². The summed E-state index contributed by atoms with van der Waals surface area (Å²) >= 11 is 0. The molecule has 2 aromatic rings. The van der Waals surface area contributed by atoms with E-state index in [1.807, 2.05) is 6.92 Å². The number of rotatable bonds is 5. The van der Waals surface area contributed by atoms with Crippen LogP contribution >= 0.6 is 0 Å². The van der Waals surface area contributed by atoms with Gasteiger partial charge in [-0.05, 0) is 41.1 Å². The molecule has 0 bridgehead atoms. The highest BCUT2D eigenvalue weighted by Gasteiger charge is 2.07. The van der Waals surface area contributed by atoms with Crippen LogP contribution in [0, 0.1) is 0 Å². The molecule has 0 saturated carbocycles. The number of nitrogens with zero attached hydrogens (tertiary/aromatic N) is 4. The average molecular weight is 288 g/mol. The molecule has 0 atom stereocenters. The maximum absolute atomic E-state index is 11.8. The summed E-state index contributed by atoms with van der Waals surface area (Å²) in [5, 5.41) is 10.8. The van der Waals surface area contributed by atoms with E-state index in [0.717, 1.165) is 18.5 Å². The van der Waals surface area contributed by atoms with Gasteiger partial charge < -0.3 is 0 Å². The first kappa shape index (κ1) is 14.6. The van der Waals surface area contributed by atoms with Crippen molar-refractivity contribution >= 4 is 11.8 Å². The first-order valence-electron chi connectivity index (χ1n) is 6.63. The predicted molar refractivity (Wildman–Crippen MR) is 74.3 cm³/mol. The smallest absolute Gasteiger partial charge is 0.269 e. The fourth-order valence-electron chi connectivity index (χ4n) is 1.64. The molecule has 0 aliphatic heterocycles. The fourth-order valence-corrected chi connectivity index (χ4v) is 1.64. The minimum atomic E-state index is -0.372. The van der Waals surface area contributed by atoms with Crippen LogP contribution in [0.5, 0.6) is 0 Å². The SMILES string of the molecule is CCCCC(=O)NNC(=O)c1ccc(-n2cnnn2)cc1. The Kier molecular flexibility index (Phi) is 4.97. The molecule has 2 amide bonds. The Hall–Kier alpha value is -2.77. The van der Waals surface area contributed by atoms with Crippen molar-refractivity contribution in [2.24, 2.45) is 0 Å². The lowest BCUT2D eigenvalue weighted by molar-refractivity contribution is -0.121. The number of unbranched alkanes of at least 4 members (excludes halogenated alkanes) is 1. The lowest BCUT2D eigenvalue weighted by atomic mass is 10.2. The molecular weight excluding hydrogens is 272 g/mol. The van der Waals surface area contributed by atoms with E-state index in [1.165, 1.54) is 11.0 Å². The summed E-state index contributed by atoms with van der Waals surface area (Å²) < 4.78 is 1.48. The lowest BCUT2D eigenvalue weighted by Gasteiger charge is -2.07. The van der Waals surface area contributed by atoms with Crippen molar-refractivity contribution in [3.05, 3.63) is 36.2 Å². The van der Waals surface area contributed by atoms with E-state index in [0.29, 0.717) is 12.0 Å². The van der Waals surface area contributed by atoms with E-state index in [1.54, 1.807) is 24.3 Å². The third-order valence-corrected chi connectivity index (χ3v) is 2.82. The lowest BCUT2D eigenvalue weighted by Crippen LogP contribution is -2.41. The minimum Gasteiger partial charge on any atom is -0.273 e. The third kappa shape index (κ3) is 4.10. The summed E-state index contributed by atoms with van der Waals surface area (Å²) in [6, 6.07) is 6.68. The van der Waals surface area contributed by atoms with Crippen molar-refractivity contribution in [3.63, 3.8) is 0 Å². The van der Waals surface area contributed by atoms with Gasteiger partial charge in [0.1, 0.15) is 6.33 Å². The molecule has 110 valence electrons. The summed E-state index contributed by atoms with van der Waals surface area (Å²) in [5.74, 6) is -0.571. The Morgan fingerprint density at radius 1 is 1.19 bits per heavy atom. The van der Waals surface area contributed by atoms with Gasteiger partial charge in [-0.15, -0.1) is 5.10 Å². The molecule has 2 rings (SSSR count). The van der Waals surface area contributed by atoms with Crippen LogP contribution in [0.1, 0.15) is 36.5 Å². The minimum absolute atomic E-state index is 0.199. The molecule has 2 N–H and O–H groups in total. The topological polar surface area (TPSA) is 102 Å². The Morgan fingerprint density at radius 3 is 2.57 bits per heavy atom. The molecule has 0 spiro atoms. The number of amides is 2. The van der Waals surface area contributed by atoms with E-state index < -0.39 is 0 Å². The van der Waals surface area contributed by atoms with Crippen LogP contribution < -0.4 is 10.9 Å². The van der Waals surface area contributed by atoms with Gasteiger partial charge >= 0.3 is 0 Å². The highest BCUT2D eigenvalue weighted by Crippen LogP contribution is 2.07. The highest BCUT2D eigenvalue weighted by molar-refractivity contribution is 5.95. The Labute approximate surface area is 121 Å². The molecule has 1 aromatic heterocycles. The zero-order valence-corrected chi connectivity index (χ0v) is 11.6. The monoisotopic (exact) mass is 288 g/mol. The highest BCUT2D eigenvalue weighted by atomic mass is 16.2. The maximum atomic E-state index is 11.8. The fraction of sp³-hybridized carbons (Fsp3) is 0.308. The second-order valence-corrected chi connectivity index (χ2v) is 4.41. The summed E-state index contributed by atoms with van der Waals surface area (Å²) in [4.78, 5) is 23.2. The number of tetrazole rings is 1. The first-order valence-corrected chi connectivity index (χ1v) is 6.63. The number of hydrogen-bond acceptors (Lipinski definition) is 5. The Balaban J connectivity index is 1.90. The zero-order valence-electron chi connectivity index (χ0n) is 11.6. The van der Waals surface area contributed by atoms with E-state index in [-0.39, 0.29) is 11.8 Å². The molecule has 0 aliphatic carbocycles. The number of carbonyl (C=O) groups is 2. The number of hydrogen-bond donors (Lipinski definition) is 2. The average Bonchev–Trinajstić information content (AvgIpc) is 3.05. The number of benzene rings is 1. The summed E-state index contributed by atoms with van der Waals surface area (Å²) in [6.45, 7) is 2.00. The van der Waals surface area contributed by atoms with E-state index in [2.05, 4.69) is 26.4 Å². The van der Waals surface area contributed by atoms with Crippen molar-refractivity contribution in [2.45, 2.75) is 26.2 Å². The molecule has 0 aliphatic rings.